The third-order valence-corrected chi connectivity index (χ3v) is 3.08. The molecule has 0 bridgehead atoms. The van der Waals surface area contributed by atoms with Gasteiger partial charge in [-0.25, -0.2) is 9.67 Å². The van der Waals surface area contributed by atoms with Crippen molar-refractivity contribution in [3.05, 3.63) is 12.2 Å². The standard InChI is InChI=1S/C11H20N4O/c1-3-15-10(13-9-14-15)7-12-8-11(2)5-4-6-16-11/h9,12H,3-8H2,1-2H3. The van der Waals surface area contributed by atoms with Crippen molar-refractivity contribution < 1.29 is 4.74 Å². The summed E-state index contributed by atoms with van der Waals surface area (Å²) < 4.78 is 7.62. The Bertz CT molecular complexity index is 330. The number of nitrogens with zero attached hydrogens (tertiary/aromatic N) is 3. The molecule has 1 aromatic rings. The van der Waals surface area contributed by atoms with Gasteiger partial charge in [0.15, 0.2) is 0 Å². The topological polar surface area (TPSA) is 52.0 Å². The Morgan fingerprint density at radius 1 is 1.62 bits per heavy atom. The Morgan fingerprint density at radius 3 is 3.19 bits per heavy atom. The molecule has 1 aliphatic rings. The van der Waals surface area contributed by atoms with Gasteiger partial charge in [0.25, 0.3) is 0 Å². The van der Waals surface area contributed by atoms with Crippen LogP contribution in [0.15, 0.2) is 6.33 Å². The van der Waals surface area contributed by atoms with Gasteiger partial charge in [-0.05, 0) is 26.7 Å². The molecule has 0 spiro atoms. The van der Waals surface area contributed by atoms with E-state index in [1.807, 2.05) is 4.68 Å². The van der Waals surface area contributed by atoms with Crippen LogP contribution in [0.1, 0.15) is 32.5 Å². The van der Waals surface area contributed by atoms with Gasteiger partial charge in [-0.2, -0.15) is 5.10 Å². The van der Waals surface area contributed by atoms with Crippen LogP contribution in [0.3, 0.4) is 0 Å². The van der Waals surface area contributed by atoms with Crippen LogP contribution >= 0.6 is 0 Å². The molecular formula is C11H20N4O. The van der Waals surface area contributed by atoms with E-state index in [0.717, 1.165) is 38.5 Å². The smallest absolute Gasteiger partial charge is 0.140 e. The van der Waals surface area contributed by atoms with Gasteiger partial charge < -0.3 is 10.1 Å². The van der Waals surface area contributed by atoms with Crippen LogP contribution in [0.4, 0.5) is 0 Å². The van der Waals surface area contributed by atoms with Gasteiger partial charge in [-0.3, -0.25) is 0 Å². The number of aryl methyl sites for hydroxylation is 1. The largest absolute Gasteiger partial charge is 0.374 e. The first kappa shape index (κ1) is 11.5. The fourth-order valence-electron chi connectivity index (χ4n) is 2.10. The minimum absolute atomic E-state index is 0.0110. The first-order valence-corrected chi connectivity index (χ1v) is 5.95. The van der Waals surface area contributed by atoms with Crippen molar-refractivity contribution in [1.82, 2.24) is 20.1 Å². The lowest BCUT2D eigenvalue weighted by atomic mass is 10.0. The number of ether oxygens (including phenoxy) is 1. The maximum atomic E-state index is 5.71. The first-order valence-electron chi connectivity index (χ1n) is 5.95. The summed E-state index contributed by atoms with van der Waals surface area (Å²) >= 11 is 0. The molecule has 0 radical (unpaired) electrons. The second-order valence-corrected chi connectivity index (χ2v) is 4.50. The van der Waals surface area contributed by atoms with Crippen LogP contribution in [0.2, 0.25) is 0 Å². The van der Waals surface area contributed by atoms with E-state index in [4.69, 9.17) is 4.74 Å². The summed E-state index contributed by atoms with van der Waals surface area (Å²) in [6.07, 6.45) is 3.91. The van der Waals surface area contributed by atoms with Crippen molar-refractivity contribution in [3.63, 3.8) is 0 Å². The fourth-order valence-corrected chi connectivity index (χ4v) is 2.10. The maximum absolute atomic E-state index is 5.71. The highest BCUT2D eigenvalue weighted by Crippen LogP contribution is 2.23. The molecule has 1 atom stereocenters. The van der Waals surface area contributed by atoms with Crippen molar-refractivity contribution >= 4 is 0 Å². The minimum atomic E-state index is 0.0110. The monoisotopic (exact) mass is 224 g/mol. The van der Waals surface area contributed by atoms with E-state index in [1.165, 1.54) is 6.42 Å². The molecule has 0 aromatic carbocycles. The average molecular weight is 224 g/mol. The molecule has 1 unspecified atom stereocenters. The number of hydrogen-bond donors (Lipinski definition) is 1. The van der Waals surface area contributed by atoms with Gasteiger partial charge >= 0.3 is 0 Å². The van der Waals surface area contributed by atoms with E-state index in [9.17, 15) is 0 Å². The van der Waals surface area contributed by atoms with Crippen molar-refractivity contribution in [2.75, 3.05) is 13.2 Å². The van der Waals surface area contributed by atoms with Crippen LogP contribution in [0, 0.1) is 0 Å². The quantitative estimate of drug-likeness (QED) is 0.809. The van der Waals surface area contributed by atoms with Gasteiger partial charge in [0, 0.05) is 19.7 Å². The average Bonchev–Trinajstić information content (AvgIpc) is 2.88. The predicted molar refractivity (Wildman–Crippen MR) is 61.0 cm³/mol. The molecule has 0 amide bonds. The van der Waals surface area contributed by atoms with E-state index in [1.54, 1.807) is 6.33 Å². The third kappa shape index (κ3) is 2.59. The van der Waals surface area contributed by atoms with Gasteiger partial charge in [-0.1, -0.05) is 0 Å². The molecule has 90 valence electrons. The molecule has 1 N–H and O–H groups in total. The molecule has 1 saturated heterocycles. The zero-order valence-electron chi connectivity index (χ0n) is 10.1. The van der Waals surface area contributed by atoms with Crippen molar-refractivity contribution in [1.29, 1.82) is 0 Å². The molecule has 16 heavy (non-hydrogen) atoms. The lowest BCUT2D eigenvalue weighted by Gasteiger charge is -2.23. The number of rotatable bonds is 5. The van der Waals surface area contributed by atoms with E-state index in [2.05, 4.69) is 29.2 Å². The highest BCUT2D eigenvalue weighted by Gasteiger charge is 2.29. The van der Waals surface area contributed by atoms with Crippen molar-refractivity contribution in [3.8, 4) is 0 Å². The summed E-state index contributed by atoms with van der Waals surface area (Å²) in [5.41, 5.74) is 0.0110. The van der Waals surface area contributed by atoms with Gasteiger partial charge in [0.2, 0.25) is 0 Å². The Labute approximate surface area is 96.2 Å². The Kier molecular flexibility index (Phi) is 3.56. The number of aromatic nitrogens is 3. The fraction of sp³-hybridized carbons (Fsp3) is 0.818. The molecule has 1 fully saturated rings. The molecule has 0 saturated carbocycles. The Morgan fingerprint density at radius 2 is 2.50 bits per heavy atom. The first-order chi connectivity index (χ1) is 7.73. The van der Waals surface area contributed by atoms with E-state index < -0.39 is 0 Å². The normalized spacial score (nSPS) is 25.1. The lowest BCUT2D eigenvalue weighted by Crippen LogP contribution is -2.37. The van der Waals surface area contributed by atoms with Crippen molar-refractivity contribution in [2.24, 2.45) is 0 Å². The van der Waals surface area contributed by atoms with Crippen LogP contribution in [-0.2, 0) is 17.8 Å². The van der Waals surface area contributed by atoms with Crippen molar-refractivity contribution in [2.45, 2.75) is 45.4 Å². The summed E-state index contributed by atoms with van der Waals surface area (Å²) in [4.78, 5) is 4.22. The number of hydrogen-bond acceptors (Lipinski definition) is 4. The second-order valence-electron chi connectivity index (χ2n) is 4.50. The SMILES string of the molecule is CCn1ncnc1CNCC1(C)CCCO1. The highest BCUT2D eigenvalue weighted by atomic mass is 16.5. The zero-order valence-corrected chi connectivity index (χ0v) is 10.1. The summed E-state index contributed by atoms with van der Waals surface area (Å²) in [5.74, 6) is 0.990. The lowest BCUT2D eigenvalue weighted by molar-refractivity contribution is 0.0205. The van der Waals surface area contributed by atoms with E-state index >= 15 is 0 Å². The molecule has 1 aliphatic heterocycles. The maximum Gasteiger partial charge on any atom is 0.140 e. The van der Waals surface area contributed by atoms with Crippen LogP contribution in [0.25, 0.3) is 0 Å². The Hall–Kier alpha value is -0.940. The van der Waals surface area contributed by atoms with Gasteiger partial charge in [-0.15, -0.1) is 0 Å². The second kappa shape index (κ2) is 4.93. The van der Waals surface area contributed by atoms with Crippen LogP contribution < -0.4 is 5.32 Å². The molecule has 5 nitrogen and oxygen atoms in total. The van der Waals surface area contributed by atoms with Gasteiger partial charge in [0.1, 0.15) is 12.2 Å². The third-order valence-electron chi connectivity index (χ3n) is 3.08. The zero-order chi connectivity index (χ0) is 11.4. The summed E-state index contributed by atoms with van der Waals surface area (Å²) in [6.45, 7) is 7.63. The summed E-state index contributed by atoms with van der Waals surface area (Å²) in [7, 11) is 0. The van der Waals surface area contributed by atoms with E-state index in [0.29, 0.717) is 0 Å². The molecule has 0 aliphatic carbocycles. The van der Waals surface area contributed by atoms with Crippen LogP contribution in [-0.4, -0.2) is 33.5 Å². The summed E-state index contributed by atoms with van der Waals surface area (Å²) in [5, 5.41) is 7.53. The molecule has 2 heterocycles. The minimum Gasteiger partial charge on any atom is -0.374 e. The molecular weight excluding hydrogens is 204 g/mol. The molecule has 2 rings (SSSR count). The highest BCUT2D eigenvalue weighted by molar-refractivity contribution is 4.87. The van der Waals surface area contributed by atoms with Crippen LogP contribution in [0.5, 0.6) is 0 Å². The Balaban J connectivity index is 1.79. The molecule has 5 heteroatoms. The molecule has 1 aromatic heterocycles. The predicted octanol–water partition coefficient (Wildman–Crippen LogP) is 0.957. The van der Waals surface area contributed by atoms with Gasteiger partial charge in [0.05, 0.1) is 12.1 Å². The summed E-state index contributed by atoms with van der Waals surface area (Å²) in [6, 6.07) is 0. The van der Waals surface area contributed by atoms with E-state index in [-0.39, 0.29) is 5.60 Å². The number of nitrogens with one attached hydrogen (secondary N) is 1.